The van der Waals surface area contributed by atoms with Crippen LogP contribution in [0.25, 0.3) is 0 Å². The normalized spacial score (nSPS) is 34.3. The second-order valence-corrected chi connectivity index (χ2v) is 22.5. The van der Waals surface area contributed by atoms with Crippen LogP contribution < -0.4 is 0 Å². The predicted molar refractivity (Wildman–Crippen MR) is 268 cm³/mol. The van der Waals surface area contributed by atoms with Crippen LogP contribution in [0.15, 0.2) is 121 Å². The molecule has 0 radical (unpaired) electrons. The molecular formula is C61H82O6. The highest BCUT2D eigenvalue weighted by Crippen LogP contribution is 2.68. The first-order valence-corrected chi connectivity index (χ1v) is 26.6. The molecule has 4 aromatic rings. The van der Waals surface area contributed by atoms with Crippen LogP contribution in [0.1, 0.15) is 134 Å². The standard InChI is InChI=1S/C61H82O6/c1-43(2)19-18-20-44(3)52-31-32-53-51-30-29-49-37-50(33-35-60(49,4)54(51)34-36-61(52,53)5)66-59-58(65-41-48-27-16-9-17-28-48)57(64-40-47-25-14-8-15-26-47)56(63-39-46-23-12-7-13-24-46)55(67-59)42-62-38-45-21-10-6-11-22-45/h6-17,21-28,43-44,49-59H,18-20,29-42H2,1-5H3/t44-,49?,50+,51+,52-,53+,54+,55-,56+,57+,58-,59+,60+,61-/m1/s1. The molecule has 362 valence electrons. The fraction of sp³-hybridized carbons (Fsp3) is 0.607. The molecule has 0 amide bonds. The van der Waals surface area contributed by atoms with Crippen molar-refractivity contribution in [2.45, 2.75) is 175 Å². The van der Waals surface area contributed by atoms with E-state index < -0.39 is 30.7 Å². The third kappa shape index (κ3) is 11.5. The van der Waals surface area contributed by atoms with E-state index in [4.69, 9.17) is 28.4 Å². The Labute approximate surface area is 404 Å². The maximum absolute atomic E-state index is 7.39. The van der Waals surface area contributed by atoms with Gasteiger partial charge in [0.25, 0.3) is 0 Å². The highest BCUT2D eigenvalue weighted by Gasteiger charge is 2.61. The van der Waals surface area contributed by atoms with Crippen molar-refractivity contribution in [1.29, 1.82) is 0 Å². The Hall–Kier alpha value is -3.36. The Morgan fingerprint density at radius 3 is 1.69 bits per heavy atom. The van der Waals surface area contributed by atoms with Crippen molar-refractivity contribution >= 4 is 0 Å². The van der Waals surface area contributed by atoms with Crippen LogP contribution in [0, 0.1) is 52.3 Å². The van der Waals surface area contributed by atoms with Crippen LogP contribution in [0.3, 0.4) is 0 Å². The fourth-order valence-corrected chi connectivity index (χ4v) is 14.4. The summed E-state index contributed by atoms with van der Waals surface area (Å²) in [7, 11) is 0. The summed E-state index contributed by atoms with van der Waals surface area (Å²) >= 11 is 0. The highest BCUT2D eigenvalue weighted by molar-refractivity contribution is 5.17. The number of hydrogen-bond acceptors (Lipinski definition) is 6. The summed E-state index contributed by atoms with van der Waals surface area (Å²) in [5.41, 5.74) is 5.28. The Morgan fingerprint density at radius 2 is 1.09 bits per heavy atom. The molecule has 1 aliphatic heterocycles. The number of fused-ring (bicyclic) bond motifs is 5. The highest BCUT2D eigenvalue weighted by atomic mass is 16.7. The number of rotatable bonds is 20. The molecule has 4 aliphatic carbocycles. The van der Waals surface area contributed by atoms with E-state index in [1.165, 1.54) is 64.2 Å². The van der Waals surface area contributed by atoms with Gasteiger partial charge in [-0.1, -0.05) is 175 Å². The van der Waals surface area contributed by atoms with Crippen LogP contribution in [-0.4, -0.2) is 43.4 Å². The first-order valence-electron chi connectivity index (χ1n) is 26.6. The van der Waals surface area contributed by atoms with Gasteiger partial charge >= 0.3 is 0 Å². The first-order chi connectivity index (χ1) is 32.7. The zero-order chi connectivity index (χ0) is 46.2. The Kier molecular flexibility index (Phi) is 16.4. The van der Waals surface area contributed by atoms with Crippen LogP contribution in [0.2, 0.25) is 0 Å². The number of benzene rings is 4. The third-order valence-corrected chi connectivity index (χ3v) is 18.0. The van der Waals surface area contributed by atoms with Crippen LogP contribution in [0.4, 0.5) is 0 Å². The molecule has 0 bridgehead atoms. The van der Waals surface area contributed by atoms with E-state index in [9.17, 15) is 0 Å². The number of ether oxygens (including phenoxy) is 6. The van der Waals surface area contributed by atoms with Gasteiger partial charge in [0.1, 0.15) is 24.4 Å². The van der Waals surface area contributed by atoms with Gasteiger partial charge in [-0.3, -0.25) is 0 Å². The zero-order valence-electron chi connectivity index (χ0n) is 41.5. The average Bonchev–Trinajstić information content (AvgIpc) is 3.71. The quantitative estimate of drug-likeness (QED) is 0.0824. The largest absolute Gasteiger partial charge is 0.374 e. The predicted octanol–water partition coefficient (Wildman–Crippen LogP) is 14.2. The molecule has 9 rings (SSSR count). The molecule has 0 N–H and O–H groups in total. The molecule has 5 fully saturated rings. The lowest BCUT2D eigenvalue weighted by molar-refractivity contribution is -0.340. The summed E-state index contributed by atoms with van der Waals surface area (Å²) in [6, 6.07) is 41.6. The molecule has 4 saturated carbocycles. The molecule has 6 nitrogen and oxygen atoms in total. The molecule has 0 aromatic heterocycles. The van der Waals surface area contributed by atoms with Crippen molar-refractivity contribution < 1.29 is 28.4 Å². The smallest absolute Gasteiger partial charge is 0.187 e. The van der Waals surface area contributed by atoms with Crippen molar-refractivity contribution in [3.63, 3.8) is 0 Å². The van der Waals surface area contributed by atoms with Gasteiger partial charge in [-0.25, -0.2) is 0 Å². The van der Waals surface area contributed by atoms with E-state index in [2.05, 4.69) is 138 Å². The lowest BCUT2D eigenvalue weighted by Gasteiger charge is -2.61. The fourth-order valence-electron chi connectivity index (χ4n) is 14.4. The molecule has 4 aromatic carbocycles. The summed E-state index contributed by atoms with van der Waals surface area (Å²) in [6.07, 6.45) is 13.3. The van der Waals surface area contributed by atoms with E-state index in [1.807, 2.05) is 18.2 Å². The minimum Gasteiger partial charge on any atom is -0.374 e. The van der Waals surface area contributed by atoms with E-state index in [0.29, 0.717) is 49.8 Å². The molecule has 1 unspecified atom stereocenters. The van der Waals surface area contributed by atoms with E-state index >= 15 is 0 Å². The van der Waals surface area contributed by atoms with Gasteiger partial charge < -0.3 is 28.4 Å². The lowest BCUT2D eigenvalue weighted by atomic mass is 9.44. The SMILES string of the molecule is CC(C)CCC[C@@H](C)[C@H]1CC[C@H]2[C@@H]3CCC4C[C@@H](O[C@H]5O[C@H](COCc6ccccc6)[C@H](OCc6ccccc6)[C@H](OCc6ccccc6)[C@H]5OCc5ccccc5)CC[C@]4(C)[C@H]3CC[C@]12C. The molecular weight excluding hydrogens is 829 g/mol. The van der Waals surface area contributed by atoms with Gasteiger partial charge in [0, 0.05) is 0 Å². The second-order valence-electron chi connectivity index (χ2n) is 22.5. The van der Waals surface area contributed by atoms with Gasteiger partial charge in [0.05, 0.1) is 39.1 Å². The van der Waals surface area contributed by atoms with E-state index in [1.54, 1.807) is 0 Å². The summed E-state index contributed by atoms with van der Waals surface area (Å²) in [6.45, 7) is 14.8. The van der Waals surface area contributed by atoms with Crippen molar-refractivity contribution in [3.8, 4) is 0 Å². The lowest BCUT2D eigenvalue weighted by Crippen LogP contribution is -2.62. The van der Waals surface area contributed by atoms with Crippen molar-refractivity contribution in [2.24, 2.45) is 52.3 Å². The van der Waals surface area contributed by atoms with Gasteiger partial charge in [-0.05, 0) is 132 Å². The molecule has 6 heteroatoms. The molecule has 1 saturated heterocycles. The molecule has 0 spiro atoms. The van der Waals surface area contributed by atoms with Crippen molar-refractivity contribution in [2.75, 3.05) is 6.61 Å². The topological polar surface area (TPSA) is 55.4 Å². The Morgan fingerprint density at radius 1 is 0.552 bits per heavy atom. The van der Waals surface area contributed by atoms with Gasteiger partial charge in [-0.15, -0.1) is 0 Å². The maximum atomic E-state index is 7.39. The summed E-state index contributed by atoms with van der Waals surface area (Å²) < 4.78 is 42.2. The summed E-state index contributed by atoms with van der Waals surface area (Å²) in [5, 5.41) is 0. The van der Waals surface area contributed by atoms with Gasteiger partial charge in [0.15, 0.2) is 6.29 Å². The van der Waals surface area contributed by atoms with Crippen LogP contribution >= 0.6 is 0 Å². The van der Waals surface area contributed by atoms with E-state index in [-0.39, 0.29) is 6.10 Å². The third-order valence-electron chi connectivity index (χ3n) is 18.0. The molecule has 1 heterocycles. The first kappa shape index (κ1) is 48.7. The minimum absolute atomic E-state index is 0.0707. The van der Waals surface area contributed by atoms with Gasteiger partial charge in [0.2, 0.25) is 0 Å². The van der Waals surface area contributed by atoms with Gasteiger partial charge in [-0.2, -0.15) is 0 Å². The summed E-state index contributed by atoms with van der Waals surface area (Å²) in [5.74, 6) is 5.77. The molecule has 5 aliphatic rings. The Balaban J connectivity index is 0.946. The zero-order valence-corrected chi connectivity index (χ0v) is 41.5. The maximum Gasteiger partial charge on any atom is 0.187 e. The summed E-state index contributed by atoms with van der Waals surface area (Å²) in [4.78, 5) is 0. The number of hydrogen-bond donors (Lipinski definition) is 0. The van der Waals surface area contributed by atoms with Crippen LogP contribution in [-0.2, 0) is 54.8 Å². The van der Waals surface area contributed by atoms with Crippen molar-refractivity contribution in [3.05, 3.63) is 144 Å². The van der Waals surface area contributed by atoms with E-state index in [0.717, 1.165) is 70.6 Å². The molecule has 67 heavy (non-hydrogen) atoms. The molecule has 14 atom stereocenters. The average molecular weight is 911 g/mol. The van der Waals surface area contributed by atoms with Crippen molar-refractivity contribution in [1.82, 2.24) is 0 Å². The monoisotopic (exact) mass is 911 g/mol. The Bertz CT molecular complexity index is 2060. The second kappa shape index (κ2) is 22.6. The minimum atomic E-state index is -0.662. The van der Waals surface area contributed by atoms with Crippen LogP contribution in [0.5, 0.6) is 0 Å².